The fourth-order valence-corrected chi connectivity index (χ4v) is 4.45. The molecule has 7 nitrogen and oxygen atoms in total. The van der Waals surface area contributed by atoms with Gasteiger partial charge in [-0.25, -0.2) is 0 Å². The van der Waals surface area contributed by atoms with Gasteiger partial charge in [0.1, 0.15) is 5.52 Å². The Labute approximate surface area is 204 Å². The van der Waals surface area contributed by atoms with Gasteiger partial charge >= 0.3 is 0 Å². The summed E-state index contributed by atoms with van der Waals surface area (Å²) >= 11 is 0. The van der Waals surface area contributed by atoms with Crippen molar-refractivity contribution in [3.05, 3.63) is 90.0 Å². The van der Waals surface area contributed by atoms with Crippen LogP contribution in [0.2, 0.25) is 0 Å². The summed E-state index contributed by atoms with van der Waals surface area (Å²) in [5.41, 5.74) is 3.59. The maximum atomic E-state index is 13.1. The van der Waals surface area contributed by atoms with Crippen LogP contribution in [0.4, 0.5) is 11.7 Å². The second-order valence-corrected chi connectivity index (χ2v) is 8.87. The average Bonchev–Trinajstić information content (AvgIpc) is 3.34. The van der Waals surface area contributed by atoms with E-state index in [4.69, 9.17) is 4.42 Å². The Morgan fingerprint density at radius 2 is 1.63 bits per heavy atom. The molecule has 2 amide bonds. The summed E-state index contributed by atoms with van der Waals surface area (Å²) in [6.07, 6.45) is 1.37. The van der Waals surface area contributed by atoms with Gasteiger partial charge in [-0.2, -0.15) is 4.98 Å². The summed E-state index contributed by atoms with van der Waals surface area (Å²) in [5.74, 6) is -0.434. The van der Waals surface area contributed by atoms with Gasteiger partial charge in [0.15, 0.2) is 5.58 Å². The van der Waals surface area contributed by atoms with Gasteiger partial charge in [-0.15, -0.1) is 0 Å². The lowest BCUT2D eigenvalue weighted by atomic mass is 9.96. The fourth-order valence-electron chi connectivity index (χ4n) is 4.45. The molecule has 1 aliphatic heterocycles. The number of aromatic nitrogens is 1. The normalized spacial score (nSPS) is 15.1. The number of rotatable bonds is 6. The number of hydrogen-bond donors (Lipinski definition) is 2. The van der Waals surface area contributed by atoms with E-state index in [1.54, 1.807) is 18.2 Å². The van der Waals surface area contributed by atoms with Crippen molar-refractivity contribution < 1.29 is 14.0 Å². The molecule has 2 heterocycles. The van der Waals surface area contributed by atoms with Gasteiger partial charge in [0.25, 0.3) is 11.9 Å². The minimum Gasteiger partial charge on any atom is -0.423 e. The fraction of sp³-hybridized carbons (Fsp3) is 0.250. The van der Waals surface area contributed by atoms with Crippen LogP contribution in [0.15, 0.2) is 83.3 Å². The zero-order chi connectivity index (χ0) is 24.2. The van der Waals surface area contributed by atoms with Gasteiger partial charge in [-0.3, -0.25) is 9.59 Å². The molecule has 7 heteroatoms. The summed E-state index contributed by atoms with van der Waals surface area (Å²) in [6.45, 7) is 3.31. The maximum absolute atomic E-state index is 13.1. The molecular formula is C28H28N4O3. The van der Waals surface area contributed by atoms with Crippen molar-refractivity contribution in [1.82, 2.24) is 10.3 Å². The zero-order valence-corrected chi connectivity index (χ0v) is 19.6. The van der Waals surface area contributed by atoms with Gasteiger partial charge in [-0.05, 0) is 49.6 Å². The molecule has 0 aliphatic carbocycles. The first kappa shape index (κ1) is 22.7. The molecular weight excluding hydrogens is 440 g/mol. The summed E-state index contributed by atoms with van der Waals surface area (Å²) in [4.78, 5) is 32.7. The lowest BCUT2D eigenvalue weighted by Gasteiger charge is -2.30. The third kappa shape index (κ3) is 5.04. The molecule has 4 aromatic rings. The zero-order valence-electron chi connectivity index (χ0n) is 19.6. The molecule has 0 radical (unpaired) electrons. The van der Waals surface area contributed by atoms with E-state index in [1.807, 2.05) is 67.6 Å². The minimum atomic E-state index is -0.219. The van der Waals surface area contributed by atoms with Gasteiger partial charge in [0, 0.05) is 19.0 Å². The Kier molecular flexibility index (Phi) is 6.48. The van der Waals surface area contributed by atoms with Crippen LogP contribution in [0.3, 0.4) is 0 Å². The molecule has 1 saturated heterocycles. The van der Waals surface area contributed by atoms with Crippen molar-refractivity contribution in [3.8, 4) is 0 Å². The molecule has 0 saturated carbocycles. The molecule has 35 heavy (non-hydrogen) atoms. The number of benzene rings is 3. The summed E-state index contributed by atoms with van der Waals surface area (Å²) < 4.78 is 5.87. The van der Waals surface area contributed by atoms with E-state index in [0.717, 1.165) is 16.7 Å². The Morgan fingerprint density at radius 1 is 0.943 bits per heavy atom. The Morgan fingerprint density at radius 3 is 2.40 bits per heavy atom. The smallest absolute Gasteiger partial charge is 0.298 e. The van der Waals surface area contributed by atoms with Gasteiger partial charge in [0.2, 0.25) is 5.91 Å². The largest absolute Gasteiger partial charge is 0.423 e. The number of nitrogens with zero attached hydrogens (tertiary/aromatic N) is 2. The van der Waals surface area contributed by atoms with E-state index < -0.39 is 0 Å². The monoisotopic (exact) mass is 468 g/mol. The highest BCUT2D eigenvalue weighted by Crippen LogP contribution is 2.27. The van der Waals surface area contributed by atoms with Crippen molar-refractivity contribution in [2.45, 2.75) is 25.8 Å². The number of anilines is 2. The van der Waals surface area contributed by atoms with E-state index in [1.165, 1.54) is 0 Å². The first-order valence-electron chi connectivity index (χ1n) is 11.9. The SMILES string of the molecule is CC(NC(=O)c1ccccc1NC(=O)C1CCN(c2nc3ccccc3o2)CC1)c1ccccc1. The Balaban J connectivity index is 1.21. The number of fused-ring (bicyclic) bond motifs is 1. The van der Waals surface area contributed by atoms with Gasteiger partial charge < -0.3 is 20.0 Å². The average molecular weight is 469 g/mol. The molecule has 1 aliphatic rings. The van der Waals surface area contributed by atoms with Crippen molar-refractivity contribution in [1.29, 1.82) is 0 Å². The van der Waals surface area contributed by atoms with E-state index in [2.05, 4.69) is 20.5 Å². The van der Waals surface area contributed by atoms with Crippen LogP contribution in [-0.2, 0) is 4.79 Å². The number of nitrogens with one attached hydrogen (secondary N) is 2. The number of piperidine rings is 1. The number of para-hydroxylation sites is 3. The standard InChI is InChI=1S/C28H28N4O3/c1-19(20-9-3-2-4-10-20)29-27(34)22-11-5-6-12-23(22)30-26(33)21-15-17-32(18-16-21)28-31-24-13-7-8-14-25(24)35-28/h2-14,19,21H,15-18H2,1H3,(H,29,34)(H,30,33). The quantitative estimate of drug-likeness (QED) is 0.407. The number of carbonyl (C=O) groups excluding carboxylic acids is 2. The first-order valence-corrected chi connectivity index (χ1v) is 11.9. The van der Waals surface area contributed by atoms with E-state index in [-0.39, 0.29) is 23.8 Å². The van der Waals surface area contributed by atoms with E-state index in [0.29, 0.717) is 43.2 Å². The lowest BCUT2D eigenvalue weighted by Crippen LogP contribution is -2.38. The van der Waals surface area contributed by atoms with Crippen LogP contribution >= 0.6 is 0 Å². The van der Waals surface area contributed by atoms with Crippen molar-refractivity contribution in [2.75, 3.05) is 23.3 Å². The maximum Gasteiger partial charge on any atom is 0.298 e. The molecule has 2 N–H and O–H groups in total. The molecule has 0 spiro atoms. The highest BCUT2D eigenvalue weighted by atomic mass is 16.4. The molecule has 1 atom stereocenters. The predicted molar refractivity (Wildman–Crippen MR) is 136 cm³/mol. The number of oxazole rings is 1. The molecule has 0 bridgehead atoms. The lowest BCUT2D eigenvalue weighted by molar-refractivity contribution is -0.120. The Hall–Kier alpha value is -4.13. The third-order valence-electron chi connectivity index (χ3n) is 6.50. The molecule has 178 valence electrons. The molecule has 3 aromatic carbocycles. The highest BCUT2D eigenvalue weighted by Gasteiger charge is 2.28. The second kappa shape index (κ2) is 10.0. The van der Waals surface area contributed by atoms with Crippen LogP contribution < -0.4 is 15.5 Å². The van der Waals surface area contributed by atoms with Gasteiger partial charge in [-0.1, -0.05) is 54.6 Å². The Bertz CT molecular complexity index is 1290. The highest BCUT2D eigenvalue weighted by molar-refractivity contribution is 6.04. The predicted octanol–water partition coefficient (Wildman–Crippen LogP) is 5.17. The van der Waals surface area contributed by atoms with Crippen LogP contribution in [0, 0.1) is 5.92 Å². The number of amides is 2. The minimum absolute atomic E-state index is 0.0708. The second-order valence-electron chi connectivity index (χ2n) is 8.87. The van der Waals surface area contributed by atoms with E-state index in [9.17, 15) is 9.59 Å². The molecule has 1 fully saturated rings. The number of carbonyl (C=O) groups is 2. The van der Waals surface area contributed by atoms with Crippen molar-refractivity contribution >= 4 is 34.6 Å². The summed E-state index contributed by atoms with van der Waals surface area (Å²) in [5, 5.41) is 6.02. The van der Waals surface area contributed by atoms with Gasteiger partial charge in [0.05, 0.1) is 17.3 Å². The van der Waals surface area contributed by atoms with Crippen molar-refractivity contribution in [3.63, 3.8) is 0 Å². The van der Waals surface area contributed by atoms with Crippen LogP contribution in [0.1, 0.15) is 41.7 Å². The molecule has 5 rings (SSSR count). The molecule has 1 unspecified atom stereocenters. The number of hydrogen-bond acceptors (Lipinski definition) is 5. The van der Waals surface area contributed by atoms with Crippen LogP contribution in [0.25, 0.3) is 11.1 Å². The van der Waals surface area contributed by atoms with Crippen molar-refractivity contribution in [2.24, 2.45) is 5.92 Å². The summed E-state index contributed by atoms with van der Waals surface area (Å²) in [7, 11) is 0. The third-order valence-corrected chi connectivity index (χ3v) is 6.50. The first-order chi connectivity index (χ1) is 17.1. The van der Waals surface area contributed by atoms with Crippen LogP contribution in [0.5, 0.6) is 0 Å². The molecule has 1 aromatic heterocycles. The topological polar surface area (TPSA) is 87.5 Å². The summed E-state index contributed by atoms with van der Waals surface area (Å²) in [6, 6.07) is 25.1. The van der Waals surface area contributed by atoms with E-state index >= 15 is 0 Å². The van der Waals surface area contributed by atoms with Crippen LogP contribution in [-0.4, -0.2) is 29.9 Å².